The van der Waals surface area contributed by atoms with Crippen molar-refractivity contribution in [2.75, 3.05) is 49.6 Å². The molecule has 4 N–H and O–H groups in total. The van der Waals surface area contributed by atoms with Crippen LogP contribution < -0.4 is 21.3 Å². The summed E-state index contributed by atoms with van der Waals surface area (Å²) in [6.07, 6.45) is 1.59. The van der Waals surface area contributed by atoms with Gasteiger partial charge in [-0.25, -0.2) is 4.98 Å². The van der Waals surface area contributed by atoms with Crippen LogP contribution in [0.3, 0.4) is 0 Å². The van der Waals surface area contributed by atoms with E-state index in [0.717, 1.165) is 23.1 Å². The first-order valence-electron chi connectivity index (χ1n) is 13.6. The number of thiazole rings is 1. The third kappa shape index (κ3) is 5.99. The number of hydrogen-bond donors (Lipinski definition) is 3. The van der Waals surface area contributed by atoms with E-state index in [1.54, 1.807) is 29.2 Å². The number of rotatable bonds is 7. The van der Waals surface area contributed by atoms with Gasteiger partial charge in [0.2, 0.25) is 5.95 Å². The van der Waals surface area contributed by atoms with Crippen molar-refractivity contribution < 1.29 is 19.1 Å². The quantitative estimate of drug-likeness (QED) is 0.291. The predicted octanol–water partition coefficient (Wildman–Crippen LogP) is 2.19. The fourth-order valence-electron chi connectivity index (χ4n) is 4.98. The summed E-state index contributed by atoms with van der Waals surface area (Å²) in [6.45, 7) is 3.28. The van der Waals surface area contributed by atoms with Crippen LogP contribution in [0.5, 0.6) is 0 Å². The van der Waals surface area contributed by atoms with Gasteiger partial charge in [0.15, 0.2) is 16.5 Å². The van der Waals surface area contributed by atoms with Crippen molar-refractivity contribution in [3.63, 3.8) is 0 Å². The highest BCUT2D eigenvalue weighted by atomic mass is 32.1. The summed E-state index contributed by atoms with van der Waals surface area (Å²) >= 11 is 1.36. The average molecular weight is 588 g/mol. The Morgan fingerprint density at radius 1 is 0.976 bits per heavy atom. The summed E-state index contributed by atoms with van der Waals surface area (Å²) in [5.41, 5.74) is 7.39. The number of anilines is 3. The molecule has 2 aromatic heterocycles. The minimum absolute atomic E-state index is 0.0662. The number of amides is 3. The lowest BCUT2D eigenvalue weighted by atomic mass is 10.1. The van der Waals surface area contributed by atoms with E-state index >= 15 is 0 Å². The molecular formula is C28H29N9O4S. The molecule has 2 aliphatic rings. The van der Waals surface area contributed by atoms with Crippen LogP contribution in [0.1, 0.15) is 43.5 Å². The molecule has 2 aliphatic heterocycles. The summed E-state index contributed by atoms with van der Waals surface area (Å²) in [4.78, 5) is 50.5. The third-order valence-electron chi connectivity index (χ3n) is 7.13. The first-order chi connectivity index (χ1) is 20.4. The Hall–Kier alpha value is -4.69. The number of nitrogens with two attached hydrogens (primary N) is 1. The maximum absolute atomic E-state index is 12.9. The van der Waals surface area contributed by atoms with E-state index in [1.807, 2.05) is 29.2 Å². The Bertz CT molecular complexity index is 1590. The van der Waals surface area contributed by atoms with E-state index in [2.05, 4.69) is 30.8 Å². The van der Waals surface area contributed by atoms with Gasteiger partial charge in [0, 0.05) is 43.5 Å². The van der Waals surface area contributed by atoms with E-state index in [-0.39, 0.29) is 29.4 Å². The van der Waals surface area contributed by atoms with Crippen LogP contribution in [0.25, 0.3) is 10.2 Å². The van der Waals surface area contributed by atoms with Gasteiger partial charge >= 0.3 is 0 Å². The highest BCUT2D eigenvalue weighted by Gasteiger charge is 2.26. The number of morpholine rings is 1. The molecule has 3 amide bonds. The smallest absolute Gasteiger partial charge is 0.280 e. The number of piperidine rings is 1. The number of fused-ring (bicyclic) bond motifs is 1. The number of aromatic nitrogens is 4. The number of hydrogen-bond acceptors (Lipinski definition) is 11. The molecular weight excluding hydrogens is 558 g/mol. The van der Waals surface area contributed by atoms with Gasteiger partial charge in [-0.1, -0.05) is 12.1 Å². The first kappa shape index (κ1) is 27.5. The topological polar surface area (TPSA) is 169 Å². The zero-order valence-corrected chi connectivity index (χ0v) is 23.5. The number of primary amides is 1. The number of carbonyl (C=O) groups is 3. The van der Waals surface area contributed by atoms with Gasteiger partial charge in [0.05, 0.1) is 23.4 Å². The molecule has 4 heterocycles. The zero-order valence-electron chi connectivity index (χ0n) is 22.7. The Kier molecular flexibility index (Phi) is 7.88. The van der Waals surface area contributed by atoms with Gasteiger partial charge in [-0.15, -0.1) is 21.5 Å². The lowest BCUT2D eigenvalue weighted by Gasteiger charge is -2.32. The second-order valence-corrected chi connectivity index (χ2v) is 11.1. The van der Waals surface area contributed by atoms with E-state index in [4.69, 9.17) is 10.5 Å². The van der Waals surface area contributed by atoms with Crippen LogP contribution >= 0.6 is 11.3 Å². The third-order valence-corrected chi connectivity index (χ3v) is 8.16. The SMILES string of the molecule is NC(=O)c1nnc(N2CCC[C@@H](NC(=O)c3nc4ccccc4s3)C2)nc1Nc1ccc(C(=O)N2CCOCC2)cc1. The molecule has 0 radical (unpaired) electrons. The second kappa shape index (κ2) is 12.0. The fourth-order valence-corrected chi connectivity index (χ4v) is 5.85. The largest absolute Gasteiger partial charge is 0.378 e. The van der Waals surface area contributed by atoms with E-state index in [1.165, 1.54) is 11.3 Å². The van der Waals surface area contributed by atoms with Crippen LogP contribution in [0.4, 0.5) is 17.5 Å². The summed E-state index contributed by atoms with van der Waals surface area (Å²) in [5, 5.41) is 14.8. The molecule has 0 spiro atoms. The van der Waals surface area contributed by atoms with E-state index < -0.39 is 5.91 Å². The van der Waals surface area contributed by atoms with Gasteiger partial charge in [-0.3, -0.25) is 14.4 Å². The molecule has 0 unspecified atom stereocenters. The van der Waals surface area contributed by atoms with E-state index in [0.29, 0.717) is 61.6 Å². The number of nitrogens with zero attached hydrogens (tertiary/aromatic N) is 6. The maximum Gasteiger partial charge on any atom is 0.280 e. The minimum Gasteiger partial charge on any atom is -0.378 e. The first-order valence-corrected chi connectivity index (χ1v) is 14.5. The van der Waals surface area contributed by atoms with Crippen molar-refractivity contribution >= 4 is 56.7 Å². The zero-order chi connectivity index (χ0) is 29.1. The van der Waals surface area contributed by atoms with Gasteiger partial charge in [-0.05, 0) is 49.2 Å². The monoisotopic (exact) mass is 587 g/mol. The highest BCUT2D eigenvalue weighted by molar-refractivity contribution is 7.20. The van der Waals surface area contributed by atoms with Crippen molar-refractivity contribution in [1.82, 2.24) is 30.4 Å². The number of ether oxygens (including phenoxy) is 1. The van der Waals surface area contributed by atoms with Gasteiger partial charge in [0.1, 0.15) is 0 Å². The molecule has 4 aromatic rings. The predicted molar refractivity (Wildman–Crippen MR) is 157 cm³/mol. The van der Waals surface area contributed by atoms with Crippen LogP contribution in [0.2, 0.25) is 0 Å². The Morgan fingerprint density at radius 3 is 2.52 bits per heavy atom. The molecule has 1 atom stereocenters. The van der Waals surface area contributed by atoms with Crippen LogP contribution in [0, 0.1) is 0 Å². The van der Waals surface area contributed by atoms with Crippen molar-refractivity contribution in [2.45, 2.75) is 18.9 Å². The Labute approximate surface area is 245 Å². The molecule has 2 aromatic carbocycles. The van der Waals surface area contributed by atoms with Crippen LogP contribution in [0.15, 0.2) is 48.5 Å². The van der Waals surface area contributed by atoms with E-state index in [9.17, 15) is 14.4 Å². The molecule has 14 heteroatoms. The van der Waals surface area contributed by atoms with Gasteiger partial charge < -0.3 is 30.9 Å². The summed E-state index contributed by atoms with van der Waals surface area (Å²) < 4.78 is 6.28. The van der Waals surface area contributed by atoms with Crippen LogP contribution in [-0.4, -0.2) is 88.2 Å². The number of para-hydroxylation sites is 1. The van der Waals surface area contributed by atoms with Crippen molar-refractivity contribution in [1.29, 1.82) is 0 Å². The standard InChI is InChI=1S/C28H29N9O4S/c29-23(38)22-24(30-18-9-7-17(8-10-18)27(40)36-12-14-41-15-13-36)33-28(35-34-22)37-11-3-4-19(16-37)31-25(39)26-32-20-5-1-2-6-21(20)42-26/h1-2,5-10,19H,3-4,11-16H2,(H2,29,38)(H,31,39)(H,30,33,35)/t19-/m1/s1. The fraction of sp³-hybridized carbons (Fsp3) is 0.321. The second-order valence-electron chi connectivity index (χ2n) is 10.0. The van der Waals surface area contributed by atoms with Crippen molar-refractivity contribution in [2.24, 2.45) is 5.73 Å². The number of benzene rings is 2. The summed E-state index contributed by atoms with van der Waals surface area (Å²) in [5.74, 6) is -0.601. The summed E-state index contributed by atoms with van der Waals surface area (Å²) in [7, 11) is 0. The lowest BCUT2D eigenvalue weighted by molar-refractivity contribution is 0.0303. The number of carbonyl (C=O) groups excluding carboxylic acids is 3. The average Bonchev–Trinajstić information content (AvgIpc) is 3.46. The molecule has 216 valence electrons. The minimum atomic E-state index is -0.775. The summed E-state index contributed by atoms with van der Waals surface area (Å²) in [6, 6.07) is 14.4. The van der Waals surface area contributed by atoms with Gasteiger partial charge in [0.25, 0.3) is 17.7 Å². The normalized spacial score (nSPS) is 17.2. The lowest BCUT2D eigenvalue weighted by Crippen LogP contribution is -2.48. The molecule has 0 bridgehead atoms. The number of nitrogens with one attached hydrogen (secondary N) is 2. The van der Waals surface area contributed by atoms with Gasteiger partial charge in [-0.2, -0.15) is 4.98 Å². The van der Waals surface area contributed by atoms with Crippen molar-refractivity contribution in [3.8, 4) is 0 Å². The Balaban J connectivity index is 1.15. The molecule has 42 heavy (non-hydrogen) atoms. The molecule has 2 saturated heterocycles. The highest BCUT2D eigenvalue weighted by Crippen LogP contribution is 2.24. The van der Waals surface area contributed by atoms with Crippen molar-refractivity contribution in [3.05, 3.63) is 64.8 Å². The molecule has 0 saturated carbocycles. The molecule has 0 aliphatic carbocycles. The molecule has 2 fully saturated rings. The molecule has 6 rings (SSSR count). The maximum atomic E-state index is 12.9. The molecule has 13 nitrogen and oxygen atoms in total. The Morgan fingerprint density at radius 2 is 1.76 bits per heavy atom. The van der Waals surface area contributed by atoms with Crippen LogP contribution in [-0.2, 0) is 4.74 Å².